The third kappa shape index (κ3) is 3.40. The molecule has 0 radical (unpaired) electrons. The van der Waals surface area contributed by atoms with Gasteiger partial charge in [0.2, 0.25) is 5.91 Å². The number of rotatable bonds is 4. The zero-order valence-electron chi connectivity index (χ0n) is 11.6. The molecular weight excluding hydrogens is 242 g/mol. The van der Waals surface area contributed by atoms with Crippen LogP contribution in [0.5, 0.6) is 11.5 Å². The number of methoxy groups -OCH3 is 2. The summed E-state index contributed by atoms with van der Waals surface area (Å²) in [6.07, 6.45) is 3.90. The minimum Gasteiger partial charge on any atom is -0.497 e. The number of carbonyl (C=O) groups is 1. The molecule has 0 N–H and O–H groups in total. The van der Waals surface area contributed by atoms with Crippen LogP contribution in [0.25, 0.3) is 0 Å². The zero-order chi connectivity index (χ0) is 13.7. The number of ether oxygens (including phenoxy) is 2. The van der Waals surface area contributed by atoms with Gasteiger partial charge in [-0.25, -0.2) is 0 Å². The van der Waals surface area contributed by atoms with E-state index < -0.39 is 0 Å². The molecule has 104 valence electrons. The smallest absolute Gasteiger partial charge is 0.222 e. The Morgan fingerprint density at radius 3 is 2.74 bits per heavy atom. The van der Waals surface area contributed by atoms with E-state index in [-0.39, 0.29) is 5.91 Å². The van der Waals surface area contributed by atoms with Crippen molar-refractivity contribution < 1.29 is 14.3 Å². The molecule has 4 heteroatoms. The zero-order valence-corrected chi connectivity index (χ0v) is 11.6. The van der Waals surface area contributed by atoms with Gasteiger partial charge < -0.3 is 14.4 Å². The van der Waals surface area contributed by atoms with E-state index in [0.29, 0.717) is 13.0 Å². The fraction of sp³-hybridized carbons (Fsp3) is 0.533. The quantitative estimate of drug-likeness (QED) is 0.838. The van der Waals surface area contributed by atoms with E-state index in [0.717, 1.165) is 42.9 Å². The summed E-state index contributed by atoms with van der Waals surface area (Å²) in [6.45, 7) is 1.46. The molecule has 1 amide bonds. The summed E-state index contributed by atoms with van der Waals surface area (Å²) < 4.78 is 10.6. The Hall–Kier alpha value is -1.71. The second kappa shape index (κ2) is 6.45. The highest BCUT2D eigenvalue weighted by molar-refractivity contribution is 5.76. The van der Waals surface area contributed by atoms with Crippen LogP contribution in [0.15, 0.2) is 18.2 Å². The van der Waals surface area contributed by atoms with Gasteiger partial charge in [-0.05, 0) is 25.0 Å². The third-order valence-electron chi connectivity index (χ3n) is 3.53. The van der Waals surface area contributed by atoms with E-state index in [1.165, 1.54) is 0 Å². The molecule has 0 bridgehead atoms. The Labute approximate surface area is 114 Å². The Balaban J connectivity index is 2.15. The average Bonchev–Trinajstić information content (AvgIpc) is 2.64. The van der Waals surface area contributed by atoms with Crippen molar-refractivity contribution >= 4 is 5.91 Å². The van der Waals surface area contributed by atoms with Crippen molar-refractivity contribution in [2.75, 3.05) is 20.8 Å². The molecule has 0 aromatic heterocycles. The molecule has 1 saturated heterocycles. The van der Waals surface area contributed by atoms with Crippen molar-refractivity contribution in [3.05, 3.63) is 23.8 Å². The maximum absolute atomic E-state index is 12.0. The van der Waals surface area contributed by atoms with Crippen LogP contribution in [0.4, 0.5) is 0 Å². The van der Waals surface area contributed by atoms with Crippen LogP contribution in [0.3, 0.4) is 0 Å². The molecule has 1 heterocycles. The molecule has 1 aliphatic heterocycles. The fourth-order valence-corrected chi connectivity index (χ4v) is 2.39. The highest BCUT2D eigenvalue weighted by atomic mass is 16.5. The first kappa shape index (κ1) is 13.7. The summed E-state index contributed by atoms with van der Waals surface area (Å²) in [4.78, 5) is 13.9. The molecule has 0 unspecified atom stereocenters. The topological polar surface area (TPSA) is 38.8 Å². The number of benzene rings is 1. The van der Waals surface area contributed by atoms with E-state index in [1.54, 1.807) is 14.2 Å². The van der Waals surface area contributed by atoms with Gasteiger partial charge in [0.1, 0.15) is 11.5 Å². The van der Waals surface area contributed by atoms with Crippen LogP contribution in [0.2, 0.25) is 0 Å². The van der Waals surface area contributed by atoms with Crippen LogP contribution in [0.1, 0.15) is 31.2 Å². The lowest BCUT2D eigenvalue weighted by Crippen LogP contribution is -2.29. The average molecular weight is 263 g/mol. The van der Waals surface area contributed by atoms with Gasteiger partial charge in [-0.2, -0.15) is 0 Å². The summed E-state index contributed by atoms with van der Waals surface area (Å²) in [5, 5.41) is 0. The van der Waals surface area contributed by atoms with Gasteiger partial charge >= 0.3 is 0 Å². The van der Waals surface area contributed by atoms with E-state index in [4.69, 9.17) is 9.47 Å². The van der Waals surface area contributed by atoms with E-state index in [1.807, 2.05) is 23.1 Å². The van der Waals surface area contributed by atoms with Crippen LogP contribution in [-0.2, 0) is 11.3 Å². The summed E-state index contributed by atoms with van der Waals surface area (Å²) in [5.41, 5.74) is 1.03. The summed E-state index contributed by atoms with van der Waals surface area (Å²) in [7, 11) is 3.27. The highest BCUT2D eigenvalue weighted by Crippen LogP contribution is 2.26. The van der Waals surface area contributed by atoms with Gasteiger partial charge in [0.05, 0.1) is 14.2 Å². The van der Waals surface area contributed by atoms with E-state index in [2.05, 4.69) is 0 Å². The Kier molecular flexibility index (Phi) is 4.66. The van der Waals surface area contributed by atoms with Crippen molar-refractivity contribution in [2.24, 2.45) is 0 Å². The standard InChI is InChI=1S/C15H21NO3/c1-18-13-8-7-12(14(10-13)19-2)11-16-9-5-3-4-6-15(16)17/h7-8,10H,3-6,9,11H2,1-2H3. The minimum absolute atomic E-state index is 0.246. The molecule has 0 aliphatic carbocycles. The normalized spacial score (nSPS) is 16.1. The first-order chi connectivity index (χ1) is 9.24. The first-order valence-electron chi connectivity index (χ1n) is 6.73. The van der Waals surface area contributed by atoms with Crippen LogP contribution < -0.4 is 9.47 Å². The molecule has 0 saturated carbocycles. The van der Waals surface area contributed by atoms with E-state index >= 15 is 0 Å². The Bertz CT molecular complexity index is 445. The predicted octanol–water partition coefficient (Wildman–Crippen LogP) is 2.61. The van der Waals surface area contributed by atoms with Gasteiger partial charge in [0.15, 0.2) is 0 Å². The molecule has 1 fully saturated rings. The third-order valence-corrected chi connectivity index (χ3v) is 3.53. The molecule has 2 rings (SSSR count). The van der Waals surface area contributed by atoms with Crippen molar-refractivity contribution in [1.29, 1.82) is 0 Å². The maximum atomic E-state index is 12.0. The highest BCUT2D eigenvalue weighted by Gasteiger charge is 2.18. The molecule has 1 aromatic carbocycles. The van der Waals surface area contributed by atoms with Gasteiger partial charge in [0, 0.05) is 31.1 Å². The van der Waals surface area contributed by atoms with Gasteiger partial charge in [-0.15, -0.1) is 0 Å². The lowest BCUT2D eigenvalue weighted by molar-refractivity contribution is -0.131. The van der Waals surface area contributed by atoms with Gasteiger partial charge in [-0.1, -0.05) is 6.42 Å². The second-order valence-electron chi connectivity index (χ2n) is 4.80. The van der Waals surface area contributed by atoms with Crippen molar-refractivity contribution in [3.63, 3.8) is 0 Å². The number of hydrogen-bond donors (Lipinski definition) is 0. The first-order valence-corrected chi connectivity index (χ1v) is 6.73. The molecule has 19 heavy (non-hydrogen) atoms. The van der Waals surface area contributed by atoms with Gasteiger partial charge in [-0.3, -0.25) is 4.79 Å². The molecule has 0 spiro atoms. The number of likely N-dealkylation sites (tertiary alicyclic amines) is 1. The molecular formula is C15H21NO3. The minimum atomic E-state index is 0.246. The maximum Gasteiger partial charge on any atom is 0.222 e. The van der Waals surface area contributed by atoms with Crippen LogP contribution in [0, 0.1) is 0 Å². The van der Waals surface area contributed by atoms with Crippen molar-refractivity contribution in [1.82, 2.24) is 4.90 Å². The van der Waals surface area contributed by atoms with Crippen LogP contribution >= 0.6 is 0 Å². The van der Waals surface area contributed by atoms with Crippen molar-refractivity contribution in [3.8, 4) is 11.5 Å². The SMILES string of the molecule is COc1ccc(CN2CCCCCC2=O)c(OC)c1. The lowest BCUT2D eigenvalue weighted by atomic mass is 10.1. The predicted molar refractivity (Wildman–Crippen MR) is 73.4 cm³/mol. The van der Waals surface area contributed by atoms with Crippen molar-refractivity contribution in [2.45, 2.75) is 32.2 Å². The number of carbonyl (C=O) groups excluding carboxylic acids is 1. The molecule has 1 aliphatic rings. The largest absolute Gasteiger partial charge is 0.497 e. The Morgan fingerprint density at radius 2 is 2.00 bits per heavy atom. The van der Waals surface area contributed by atoms with Crippen LogP contribution in [-0.4, -0.2) is 31.6 Å². The lowest BCUT2D eigenvalue weighted by Gasteiger charge is -2.22. The van der Waals surface area contributed by atoms with E-state index in [9.17, 15) is 4.79 Å². The molecule has 0 atom stereocenters. The Morgan fingerprint density at radius 1 is 1.16 bits per heavy atom. The number of nitrogens with zero attached hydrogens (tertiary/aromatic N) is 1. The second-order valence-corrected chi connectivity index (χ2v) is 4.80. The number of hydrogen-bond acceptors (Lipinski definition) is 3. The monoisotopic (exact) mass is 263 g/mol. The molecule has 4 nitrogen and oxygen atoms in total. The fourth-order valence-electron chi connectivity index (χ4n) is 2.39. The summed E-state index contributed by atoms with van der Waals surface area (Å²) in [5.74, 6) is 1.79. The summed E-state index contributed by atoms with van der Waals surface area (Å²) >= 11 is 0. The summed E-state index contributed by atoms with van der Waals surface area (Å²) in [6, 6.07) is 5.73. The van der Waals surface area contributed by atoms with Gasteiger partial charge in [0.25, 0.3) is 0 Å². The number of amides is 1. The molecule has 1 aromatic rings.